The minimum atomic E-state index is -4.86. The Morgan fingerprint density at radius 3 is 1.82 bits per heavy atom. The number of para-hydroxylation sites is 1. The number of nitrogens with one attached hydrogen (secondary N) is 1. The number of H-pyrrole nitrogens is 1. The molecule has 1 aromatic heterocycles. The molecule has 0 bridgehead atoms. The highest BCUT2D eigenvalue weighted by molar-refractivity contribution is 7.86. The summed E-state index contributed by atoms with van der Waals surface area (Å²) in [6.07, 6.45) is 0. The van der Waals surface area contributed by atoms with E-state index >= 15 is 0 Å². The number of nitrogens with zero attached hydrogens (tertiary/aromatic N) is 7. The molecule has 5 N–H and O–H groups in total. The van der Waals surface area contributed by atoms with Crippen LogP contribution in [0.5, 0.6) is 11.5 Å². The number of aromatic carboxylic acids is 1. The van der Waals surface area contributed by atoms with Gasteiger partial charge < -0.3 is 15.3 Å². The molecule has 6 aromatic rings. The summed E-state index contributed by atoms with van der Waals surface area (Å²) in [6.45, 7) is 0. The molecule has 0 saturated heterocycles. The van der Waals surface area contributed by atoms with Crippen LogP contribution in [0, 0.1) is 0 Å². The molecule has 0 fully saturated rings. The minimum absolute atomic E-state index is 0.0546. The molecule has 0 aliphatic rings. The normalized spacial score (nSPS) is 12.1. The number of fused-ring (bicyclic) bond motifs is 1. The van der Waals surface area contributed by atoms with E-state index in [0.717, 1.165) is 10.7 Å². The van der Waals surface area contributed by atoms with Gasteiger partial charge in [-0.25, -0.2) is 9.48 Å². The summed E-state index contributed by atoms with van der Waals surface area (Å²) in [6, 6.07) is 26.3. The molecule has 0 spiro atoms. The average molecular weight is 679 g/mol. The Kier molecular flexibility index (Phi) is 8.59. The van der Waals surface area contributed by atoms with Gasteiger partial charge in [-0.15, -0.1) is 15.3 Å². The van der Waals surface area contributed by atoms with Crippen LogP contribution in [0.25, 0.3) is 16.5 Å². The Hall–Kier alpha value is -6.85. The number of aromatic hydroxyl groups is 2. The molecule has 6 rings (SSSR count). The molecular weight excluding hydrogens is 656 g/mol. The van der Waals surface area contributed by atoms with Crippen LogP contribution in [0.3, 0.4) is 0 Å². The van der Waals surface area contributed by atoms with Gasteiger partial charge >= 0.3 is 5.97 Å². The summed E-state index contributed by atoms with van der Waals surface area (Å²) >= 11 is 0. The van der Waals surface area contributed by atoms with Crippen LogP contribution in [0.4, 0.5) is 34.1 Å². The molecule has 0 radical (unpaired) electrons. The number of carboxylic acids is 1. The summed E-state index contributed by atoms with van der Waals surface area (Å²) in [7, 11) is -4.86. The van der Waals surface area contributed by atoms with E-state index in [-0.39, 0.29) is 22.1 Å². The topological polar surface area (TPSA) is 244 Å². The Balaban J connectivity index is 1.28. The number of azo groups is 3. The van der Waals surface area contributed by atoms with E-state index in [9.17, 15) is 37.9 Å². The highest BCUT2D eigenvalue weighted by Crippen LogP contribution is 2.47. The van der Waals surface area contributed by atoms with Gasteiger partial charge in [-0.2, -0.15) is 23.8 Å². The molecule has 0 unspecified atom stereocenters. The molecule has 0 aliphatic carbocycles. The van der Waals surface area contributed by atoms with E-state index in [2.05, 4.69) is 35.8 Å². The molecule has 17 heteroatoms. The van der Waals surface area contributed by atoms with E-state index in [1.54, 1.807) is 60.7 Å². The first-order valence-electron chi connectivity index (χ1n) is 14.0. The summed E-state index contributed by atoms with van der Waals surface area (Å²) < 4.78 is 35.1. The van der Waals surface area contributed by atoms with Gasteiger partial charge in [0.2, 0.25) is 0 Å². The first-order valence-corrected chi connectivity index (χ1v) is 15.5. The van der Waals surface area contributed by atoms with E-state index in [4.69, 9.17) is 0 Å². The van der Waals surface area contributed by atoms with Crippen LogP contribution in [0.15, 0.2) is 144 Å². The van der Waals surface area contributed by atoms with E-state index in [0.29, 0.717) is 17.1 Å². The molecule has 16 nitrogen and oxygen atoms in total. The lowest BCUT2D eigenvalue weighted by atomic mass is 10.1. The lowest BCUT2D eigenvalue weighted by Gasteiger charge is -2.11. The van der Waals surface area contributed by atoms with Crippen molar-refractivity contribution in [1.29, 1.82) is 0 Å². The van der Waals surface area contributed by atoms with Crippen molar-refractivity contribution in [2.24, 2.45) is 30.7 Å². The first kappa shape index (κ1) is 32.1. The van der Waals surface area contributed by atoms with Gasteiger partial charge in [-0.05, 0) is 66.0 Å². The summed E-state index contributed by atoms with van der Waals surface area (Å²) in [5, 5.41) is 57.7. The number of hydrogen-bond donors (Lipinski definition) is 5. The summed E-state index contributed by atoms with van der Waals surface area (Å²) in [5.41, 5.74) is -0.942. The average Bonchev–Trinajstić information content (AvgIpc) is 3.43. The van der Waals surface area contributed by atoms with Crippen molar-refractivity contribution in [2.45, 2.75) is 4.90 Å². The van der Waals surface area contributed by atoms with Crippen molar-refractivity contribution < 1.29 is 33.1 Å². The van der Waals surface area contributed by atoms with Crippen LogP contribution >= 0.6 is 0 Å². The van der Waals surface area contributed by atoms with Crippen molar-refractivity contribution in [3.8, 4) is 17.2 Å². The predicted octanol–water partition coefficient (Wildman–Crippen LogP) is 7.92. The fourth-order valence-electron chi connectivity index (χ4n) is 4.62. The van der Waals surface area contributed by atoms with Crippen molar-refractivity contribution in [3.05, 3.63) is 119 Å². The zero-order valence-electron chi connectivity index (χ0n) is 24.8. The fraction of sp³-hybridized carbons (Fsp3) is 0. The van der Waals surface area contributed by atoms with Crippen LogP contribution in [-0.4, -0.2) is 44.0 Å². The summed E-state index contributed by atoms with van der Waals surface area (Å²) in [4.78, 5) is 23.9. The maximum atomic E-state index is 12.9. The Morgan fingerprint density at radius 1 is 0.673 bits per heavy atom. The number of phenols is 2. The van der Waals surface area contributed by atoms with Crippen LogP contribution in [0.2, 0.25) is 0 Å². The van der Waals surface area contributed by atoms with Crippen molar-refractivity contribution in [1.82, 2.24) is 9.78 Å². The van der Waals surface area contributed by atoms with Gasteiger partial charge in [-0.3, -0.25) is 14.4 Å². The molecule has 49 heavy (non-hydrogen) atoms. The first-order chi connectivity index (χ1) is 23.5. The van der Waals surface area contributed by atoms with Crippen molar-refractivity contribution in [3.63, 3.8) is 0 Å². The van der Waals surface area contributed by atoms with Gasteiger partial charge in [0, 0.05) is 0 Å². The predicted molar refractivity (Wildman–Crippen MR) is 176 cm³/mol. The molecule has 0 aliphatic heterocycles. The lowest BCUT2D eigenvalue weighted by Crippen LogP contribution is -2.13. The van der Waals surface area contributed by atoms with Crippen LogP contribution in [0.1, 0.15) is 10.5 Å². The molecule has 0 amide bonds. The molecule has 0 atom stereocenters. The number of hydrogen-bond acceptors (Lipinski definition) is 12. The number of carboxylic acid groups (broad SMARTS) is 1. The monoisotopic (exact) mass is 678 g/mol. The molecule has 244 valence electrons. The fourth-order valence-corrected chi connectivity index (χ4v) is 5.28. The van der Waals surface area contributed by atoms with Crippen molar-refractivity contribution in [2.75, 3.05) is 0 Å². The van der Waals surface area contributed by atoms with Gasteiger partial charge in [0.05, 0.1) is 28.1 Å². The van der Waals surface area contributed by atoms with E-state index in [1.807, 2.05) is 0 Å². The number of phenolic OH excluding ortho intramolecular Hbond substituents is 2. The molecule has 5 aromatic carbocycles. The van der Waals surface area contributed by atoms with Gasteiger partial charge in [-0.1, -0.05) is 42.5 Å². The smallest absolute Gasteiger partial charge is 0.356 e. The van der Waals surface area contributed by atoms with Gasteiger partial charge in [0.1, 0.15) is 16.3 Å². The largest absolute Gasteiger partial charge is 0.505 e. The van der Waals surface area contributed by atoms with E-state index in [1.165, 1.54) is 36.4 Å². The number of rotatable bonds is 9. The van der Waals surface area contributed by atoms with Crippen LogP contribution < -0.4 is 5.56 Å². The Morgan fingerprint density at radius 2 is 1.22 bits per heavy atom. The number of benzene rings is 5. The third kappa shape index (κ3) is 6.68. The number of aromatic nitrogens is 2. The Labute approximate surface area is 275 Å². The van der Waals surface area contributed by atoms with Crippen LogP contribution in [-0.2, 0) is 10.1 Å². The zero-order chi connectivity index (χ0) is 34.7. The highest BCUT2D eigenvalue weighted by atomic mass is 32.2. The minimum Gasteiger partial charge on any atom is -0.505 e. The third-order valence-electron chi connectivity index (χ3n) is 6.95. The molecule has 1 heterocycles. The highest BCUT2D eigenvalue weighted by Gasteiger charge is 2.25. The molecule has 0 saturated carbocycles. The molecular formula is C32H22N8O8S. The summed E-state index contributed by atoms with van der Waals surface area (Å²) in [5.74, 6) is -2.71. The van der Waals surface area contributed by atoms with Gasteiger partial charge in [0.25, 0.3) is 15.7 Å². The maximum Gasteiger partial charge on any atom is 0.356 e. The van der Waals surface area contributed by atoms with Crippen molar-refractivity contribution >= 4 is 61.0 Å². The number of aromatic amines is 1. The third-order valence-corrected chi connectivity index (χ3v) is 7.82. The second kappa shape index (κ2) is 13.1. The lowest BCUT2D eigenvalue weighted by molar-refractivity contribution is 0.0690. The zero-order valence-corrected chi connectivity index (χ0v) is 25.6. The van der Waals surface area contributed by atoms with E-state index < -0.39 is 55.1 Å². The quantitative estimate of drug-likeness (QED) is 0.0740. The second-order valence-electron chi connectivity index (χ2n) is 10.1. The standard InChI is InChI=1S/C32H22N8O8S/c41-29-23(16-11-18-17-24(49(46,47)48)26(30(42)25(18)29)37-34-19-7-3-1-4-8-19)36-33-20-12-14-21(15-13-20)35-38-27-28(32(44)45)39-40(31(27)43)22-9-5-2-6-10-22/h1-17,39,41-42H,(H,44,45)(H,46,47,48). The Bertz CT molecular complexity index is 2480. The second-order valence-corrected chi connectivity index (χ2v) is 11.5. The SMILES string of the molecule is O=C(O)c1[nH]n(-c2ccccc2)c(=O)c1N=Nc1ccc(N=Nc2ccc3cc(S(=O)(=O)O)c(N=Nc4ccccc4)c(O)c3c2O)cc1. The van der Waals surface area contributed by atoms with Gasteiger partial charge in [0.15, 0.2) is 22.9 Å². The number of carbonyl (C=O) groups is 1. The maximum absolute atomic E-state index is 12.9.